The lowest BCUT2D eigenvalue weighted by atomic mass is 10.3. The highest BCUT2D eigenvalue weighted by atomic mass is 16.5. The van der Waals surface area contributed by atoms with Gasteiger partial charge in [0.1, 0.15) is 5.75 Å². The van der Waals surface area contributed by atoms with Gasteiger partial charge in [-0.05, 0) is 12.1 Å². The SMILES string of the molecule is C=COC(=O)CCOc1ccccc1. The van der Waals surface area contributed by atoms with Crippen molar-refractivity contribution < 1.29 is 14.3 Å². The van der Waals surface area contributed by atoms with E-state index in [1.54, 1.807) is 0 Å². The van der Waals surface area contributed by atoms with Crippen molar-refractivity contribution in [3.63, 3.8) is 0 Å². The summed E-state index contributed by atoms with van der Waals surface area (Å²) in [6.07, 6.45) is 1.34. The highest BCUT2D eigenvalue weighted by Crippen LogP contribution is 2.08. The average Bonchev–Trinajstić information content (AvgIpc) is 2.20. The minimum atomic E-state index is -0.337. The second-order valence-corrected chi connectivity index (χ2v) is 2.57. The Hall–Kier alpha value is -1.77. The van der Waals surface area contributed by atoms with Crippen LogP contribution >= 0.6 is 0 Å². The van der Waals surface area contributed by atoms with Gasteiger partial charge in [0.2, 0.25) is 0 Å². The largest absolute Gasteiger partial charge is 0.493 e. The summed E-state index contributed by atoms with van der Waals surface area (Å²) >= 11 is 0. The number of benzene rings is 1. The fourth-order valence-corrected chi connectivity index (χ4v) is 0.921. The monoisotopic (exact) mass is 192 g/mol. The van der Waals surface area contributed by atoms with Gasteiger partial charge in [0.15, 0.2) is 0 Å². The molecule has 0 bridgehead atoms. The Balaban J connectivity index is 2.22. The highest BCUT2D eigenvalue weighted by molar-refractivity contribution is 5.70. The smallest absolute Gasteiger partial charge is 0.314 e. The van der Waals surface area contributed by atoms with Gasteiger partial charge in [0, 0.05) is 0 Å². The number of hydrogen-bond donors (Lipinski definition) is 0. The summed E-state index contributed by atoms with van der Waals surface area (Å²) < 4.78 is 9.81. The second kappa shape index (κ2) is 5.80. The van der Waals surface area contributed by atoms with Crippen molar-refractivity contribution >= 4 is 5.97 Å². The zero-order valence-corrected chi connectivity index (χ0v) is 7.81. The molecule has 0 spiro atoms. The van der Waals surface area contributed by atoms with Crippen LogP contribution in [0.15, 0.2) is 43.2 Å². The molecule has 0 radical (unpaired) electrons. The molecule has 0 aliphatic rings. The van der Waals surface area contributed by atoms with Crippen LogP contribution in [0.2, 0.25) is 0 Å². The molecular formula is C11H12O3. The summed E-state index contributed by atoms with van der Waals surface area (Å²) in [5.74, 6) is 0.412. The molecule has 0 fully saturated rings. The number of rotatable bonds is 5. The molecule has 0 saturated heterocycles. The Kier molecular flexibility index (Phi) is 4.27. The van der Waals surface area contributed by atoms with Crippen molar-refractivity contribution in [2.24, 2.45) is 0 Å². The molecule has 0 saturated carbocycles. The minimum absolute atomic E-state index is 0.223. The van der Waals surface area contributed by atoms with E-state index in [-0.39, 0.29) is 12.4 Å². The van der Waals surface area contributed by atoms with E-state index in [9.17, 15) is 4.79 Å². The number of ether oxygens (including phenoxy) is 2. The summed E-state index contributed by atoms with van der Waals surface area (Å²) in [5, 5.41) is 0. The van der Waals surface area contributed by atoms with Gasteiger partial charge in [0.05, 0.1) is 19.3 Å². The Labute approximate surface area is 83.0 Å². The lowest BCUT2D eigenvalue weighted by Crippen LogP contribution is -2.06. The molecule has 3 heteroatoms. The lowest BCUT2D eigenvalue weighted by molar-refractivity contribution is -0.138. The summed E-state index contributed by atoms with van der Waals surface area (Å²) in [5.41, 5.74) is 0. The van der Waals surface area contributed by atoms with E-state index >= 15 is 0 Å². The van der Waals surface area contributed by atoms with Gasteiger partial charge in [-0.1, -0.05) is 24.8 Å². The molecule has 1 aromatic rings. The Morgan fingerprint density at radius 2 is 2.07 bits per heavy atom. The molecule has 1 rings (SSSR count). The molecule has 14 heavy (non-hydrogen) atoms. The van der Waals surface area contributed by atoms with Crippen LogP contribution in [-0.4, -0.2) is 12.6 Å². The first-order valence-electron chi connectivity index (χ1n) is 4.31. The van der Waals surface area contributed by atoms with Crippen LogP contribution in [0.5, 0.6) is 5.75 Å². The van der Waals surface area contributed by atoms with E-state index in [4.69, 9.17) is 4.74 Å². The maximum Gasteiger partial charge on any atom is 0.314 e. The van der Waals surface area contributed by atoms with Gasteiger partial charge in [-0.2, -0.15) is 0 Å². The van der Waals surface area contributed by atoms with Crippen LogP contribution in [-0.2, 0) is 9.53 Å². The predicted octanol–water partition coefficient (Wildman–Crippen LogP) is 2.14. The van der Waals surface area contributed by atoms with Crippen LogP contribution in [0.1, 0.15) is 6.42 Å². The summed E-state index contributed by atoms with van der Waals surface area (Å²) in [6, 6.07) is 9.31. The molecule has 0 amide bonds. The predicted molar refractivity (Wildman–Crippen MR) is 52.8 cm³/mol. The fourth-order valence-electron chi connectivity index (χ4n) is 0.921. The van der Waals surface area contributed by atoms with Gasteiger partial charge in [0.25, 0.3) is 0 Å². The van der Waals surface area contributed by atoms with Crippen LogP contribution in [0.3, 0.4) is 0 Å². The molecule has 0 aliphatic carbocycles. The van der Waals surface area contributed by atoms with E-state index in [1.807, 2.05) is 30.3 Å². The van der Waals surface area contributed by atoms with Crippen LogP contribution in [0.25, 0.3) is 0 Å². The Bertz CT molecular complexity index is 293. The fraction of sp³-hybridized carbons (Fsp3) is 0.182. The molecule has 0 N–H and O–H groups in total. The van der Waals surface area contributed by atoms with E-state index in [0.29, 0.717) is 6.61 Å². The van der Waals surface area contributed by atoms with Crippen LogP contribution < -0.4 is 4.74 Å². The van der Waals surface area contributed by atoms with Crippen molar-refractivity contribution in [1.82, 2.24) is 0 Å². The third-order valence-corrected chi connectivity index (χ3v) is 1.53. The summed E-state index contributed by atoms with van der Waals surface area (Å²) in [6.45, 7) is 3.60. The van der Waals surface area contributed by atoms with E-state index in [1.165, 1.54) is 0 Å². The molecule has 1 aromatic carbocycles. The van der Waals surface area contributed by atoms with Crippen LogP contribution in [0.4, 0.5) is 0 Å². The maximum atomic E-state index is 10.9. The van der Waals surface area contributed by atoms with E-state index < -0.39 is 0 Å². The Morgan fingerprint density at radius 1 is 1.36 bits per heavy atom. The first-order valence-corrected chi connectivity index (χ1v) is 4.31. The number of para-hydroxylation sites is 1. The molecule has 0 heterocycles. The zero-order valence-electron chi connectivity index (χ0n) is 7.81. The lowest BCUT2D eigenvalue weighted by Gasteiger charge is -2.04. The number of carbonyl (C=O) groups is 1. The Morgan fingerprint density at radius 3 is 2.71 bits per heavy atom. The average molecular weight is 192 g/mol. The number of hydrogen-bond acceptors (Lipinski definition) is 3. The third-order valence-electron chi connectivity index (χ3n) is 1.53. The van der Waals surface area contributed by atoms with Gasteiger partial charge < -0.3 is 9.47 Å². The van der Waals surface area contributed by atoms with Crippen molar-refractivity contribution in [3.05, 3.63) is 43.2 Å². The molecule has 3 nitrogen and oxygen atoms in total. The number of esters is 1. The van der Waals surface area contributed by atoms with Crippen LogP contribution in [0, 0.1) is 0 Å². The van der Waals surface area contributed by atoms with E-state index in [2.05, 4.69) is 11.3 Å². The van der Waals surface area contributed by atoms with Gasteiger partial charge in [-0.3, -0.25) is 4.79 Å². The van der Waals surface area contributed by atoms with Gasteiger partial charge in [-0.15, -0.1) is 0 Å². The van der Waals surface area contributed by atoms with E-state index in [0.717, 1.165) is 12.0 Å². The molecule has 0 aromatic heterocycles. The third kappa shape index (κ3) is 3.76. The van der Waals surface area contributed by atoms with Gasteiger partial charge in [-0.25, -0.2) is 0 Å². The minimum Gasteiger partial charge on any atom is -0.493 e. The maximum absolute atomic E-state index is 10.9. The quantitative estimate of drug-likeness (QED) is 0.529. The first kappa shape index (κ1) is 10.3. The molecule has 74 valence electrons. The normalized spacial score (nSPS) is 9.14. The summed E-state index contributed by atoms with van der Waals surface area (Å²) in [7, 11) is 0. The van der Waals surface area contributed by atoms with Crippen molar-refractivity contribution in [1.29, 1.82) is 0 Å². The van der Waals surface area contributed by atoms with Crippen molar-refractivity contribution in [3.8, 4) is 5.75 Å². The van der Waals surface area contributed by atoms with Crippen molar-refractivity contribution in [2.75, 3.05) is 6.61 Å². The number of carbonyl (C=O) groups excluding carboxylic acids is 1. The standard InChI is InChI=1S/C11H12O3/c1-2-13-11(12)8-9-14-10-6-4-3-5-7-10/h2-7H,1,8-9H2. The first-order chi connectivity index (χ1) is 6.83. The molecular weight excluding hydrogens is 180 g/mol. The van der Waals surface area contributed by atoms with Crippen molar-refractivity contribution in [2.45, 2.75) is 6.42 Å². The zero-order chi connectivity index (χ0) is 10.2. The molecule has 0 aliphatic heterocycles. The van der Waals surface area contributed by atoms with Gasteiger partial charge >= 0.3 is 5.97 Å². The summed E-state index contributed by atoms with van der Waals surface area (Å²) in [4.78, 5) is 10.9. The highest BCUT2D eigenvalue weighted by Gasteiger charge is 2.00. The molecule has 0 atom stereocenters. The topological polar surface area (TPSA) is 35.5 Å². The molecule has 0 unspecified atom stereocenters. The second-order valence-electron chi connectivity index (χ2n) is 2.57.